The lowest BCUT2D eigenvalue weighted by Gasteiger charge is -2.22. The summed E-state index contributed by atoms with van der Waals surface area (Å²) in [6, 6.07) is 17.7. The van der Waals surface area contributed by atoms with Crippen molar-refractivity contribution >= 4 is 22.9 Å². The summed E-state index contributed by atoms with van der Waals surface area (Å²) < 4.78 is 0. The largest absolute Gasteiger partial charge is 0.388 e. The second kappa shape index (κ2) is 9.14. The number of allylic oxidation sites excluding steroid dienone is 2. The van der Waals surface area contributed by atoms with Crippen LogP contribution in [0.25, 0.3) is 16.7 Å². The van der Waals surface area contributed by atoms with Crippen molar-refractivity contribution < 1.29 is 0 Å². The van der Waals surface area contributed by atoms with Gasteiger partial charge in [-0.05, 0) is 66.5 Å². The molecule has 138 valence electrons. The number of nitrogens with one attached hydrogen (secondary N) is 1. The zero-order valence-corrected chi connectivity index (χ0v) is 16.6. The molecule has 2 nitrogen and oxygen atoms in total. The van der Waals surface area contributed by atoms with Crippen LogP contribution in [0.2, 0.25) is 0 Å². The lowest BCUT2D eigenvalue weighted by Crippen LogP contribution is -2.21. The molecule has 0 radical (unpaired) electrons. The summed E-state index contributed by atoms with van der Waals surface area (Å²) >= 11 is 5.97. The third-order valence-corrected chi connectivity index (χ3v) is 5.33. The molecule has 3 rings (SSSR count). The van der Waals surface area contributed by atoms with Crippen molar-refractivity contribution in [3.8, 4) is 11.1 Å². The molecule has 2 aromatic rings. The van der Waals surface area contributed by atoms with Crippen LogP contribution in [-0.4, -0.2) is 26.5 Å². The smallest absolute Gasteiger partial charge is 0.0361 e. The Balaban J connectivity index is 1.84. The van der Waals surface area contributed by atoms with Crippen LogP contribution in [0.15, 0.2) is 54.2 Å². The highest BCUT2D eigenvalue weighted by Crippen LogP contribution is 2.30. The second-order valence-corrected chi connectivity index (χ2v) is 7.53. The highest BCUT2D eigenvalue weighted by atomic mass is 35.5. The average molecular weight is 369 g/mol. The molecule has 0 saturated carbocycles. The Morgan fingerprint density at radius 1 is 0.962 bits per heavy atom. The number of rotatable bonds is 6. The Morgan fingerprint density at radius 2 is 1.62 bits per heavy atom. The Morgan fingerprint density at radius 3 is 2.15 bits per heavy atom. The molecule has 1 aliphatic heterocycles. The molecule has 1 fully saturated rings. The molecule has 0 bridgehead atoms. The van der Waals surface area contributed by atoms with Gasteiger partial charge in [0.2, 0.25) is 0 Å². The normalized spacial score (nSPS) is 16.1. The number of hydrogen-bond donors (Lipinski definition) is 1. The summed E-state index contributed by atoms with van der Waals surface area (Å²) in [4.78, 5) is 2.12. The molecule has 2 aromatic carbocycles. The number of anilines is 1. The van der Waals surface area contributed by atoms with E-state index in [4.69, 9.17) is 11.6 Å². The van der Waals surface area contributed by atoms with Crippen molar-refractivity contribution in [2.45, 2.75) is 32.1 Å². The molecule has 1 N–H and O–H groups in total. The van der Waals surface area contributed by atoms with Crippen LogP contribution in [-0.2, 0) is 0 Å². The van der Waals surface area contributed by atoms with Crippen molar-refractivity contribution in [3.05, 3.63) is 59.8 Å². The van der Waals surface area contributed by atoms with Gasteiger partial charge in [-0.1, -0.05) is 36.4 Å². The van der Waals surface area contributed by atoms with Gasteiger partial charge in [-0.15, -0.1) is 11.6 Å². The van der Waals surface area contributed by atoms with E-state index in [2.05, 4.69) is 72.8 Å². The van der Waals surface area contributed by atoms with E-state index < -0.39 is 0 Å². The van der Waals surface area contributed by atoms with Gasteiger partial charge in [0.15, 0.2) is 0 Å². The third-order valence-electron chi connectivity index (χ3n) is 5.07. The van der Waals surface area contributed by atoms with Crippen molar-refractivity contribution in [3.63, 3.8) is 0 Å². The van der Waals surface area contributed by atoms with Gasteiger partial charge in [0, 0.05) is 37.9 Å². The summed E-state index contributed by atoms with van der Waals surface area (Å²) in [5, 5.41) is 3.62. The summed E-state index contributed by atoms with van der Waals surface area (Å²) in [5.74, 6) is 0.715. The molecule has 0 aromatic heterocycles. The number of piperidine rings is 1. The molecular weight excluding hydrogens is 340 g/mol. The van der Waals surface area contributed by atoms with E-state index in [-0.39, 0.29) is 0 Å². The van der Waals surface area contributed by atoms with Crippen molar-refractivity contribution in [1.29, 1.82) is 0 Å². The quantitative estimate of drug-likeness (QED) is 0.636. The van der Waals surface area contributed by atoms with Crippen LogP contribution >= 0.6 is 11.6 Å². The maximum atomic E-state index is 5.97. The predicted octanol–water partition coefficient (Wildman–Crippen LogP) is 5.92. The molecule has 0 aliphatic carbocycles. The first-order valence-electron chi connectivity index (χ1n) is 9.59. The highest BCUT2D eigenvalue weighted by Gasteiger charge is 2.12. The van der Waals surface area contributed by atoms with Crippen molar-refractivity contribution in [1.82, 2.24) is 5.32 Å². The van der Waals surface area contributed by atoms with Crippen LogP contribution in [0.5, 0.6) is 0 Å². The van der Waals surface area contributed by atoms with E-state index in [1.165, 1.54) is 46.5 Å². The molecule has 1 aliphatic rings. The van der Waals surface area contributed by atoms with E-state index in [0.29, 0.717) is 5.88 Å². The standard InChI is InChI=1S/C23H29ClN2/c1-26(2)21-14-12-19(13-15-21)18-8-10-20(11-9-18)22(6-5-16-24)23-7-3-4-17-25-23/h8-15,25H,3-7,16-17H2,1-2H3. The fourth-order valence-corrected chi connectivity index (χ4v) is 3.67. The third kappa shape index (κ3) is 4.62. The molecule has 0 spiro atoms. The highest BCUT2D eigenvalue weighted by molar-refractivity contribution is 6.17. The monoisotopic (exact) mass is 368 g/mol. The maximum absolute atomic E-state index is 5.97. The Bertz CT molecular complexity index is 722. The van der Waals surface area contributed by atoms with E-state index in [0.717, 1.165) is 25.8 Å². The fraction of sp³-hybridized carbons (Fsp3) is 0.391. The number of hydrogen-bond acceptors (Lipinski definition) is 2. The number of nitrogens with zero attached hydrogens (tertiary/aromatic N) is 1. The zero-order chi connectivity index (χ0) is 18.4. The number of halogens is 1. The molecule has 0 unspecified atom stereocenters. The predicted molar refractivity (Wildman–Crippen MR) is 115 cm³/mol. The average Bonchev–Trinajstić information content (AvgIpc) is 2.70. The molecular formula is C23H29ClN2. The lowest BCUT2D eigenvalue weighted by molar-refractivity contribution is 0.587. The summed E-state index contributed by atoms with van der Waals surface area (Å²) in [6.45, 7) is 1.09. The first kappa shape index (κ1) is 18.8. The molecule has 1 heterocycles. The Labute approximate surface area is 162 Å². The SMILES string of the molecule is CN(C)c1ccc(-c2ccc(C(CCCCl)=C3CCCCN3)cc2)cc1. The van der Waals surface area contributed by atoms with Gasteiger partial charge in [-0.2, -0.15) is 0 Å². The van der Waals surface area contributed by atoms with Gasteiger partial charge < -0.3 is 10.2 Å². The van der Waals surface area contributed by atoms with Crippen LogP contribution in [0.4, 0.5) is 5.69 Å². The van der Waals surface area contributed by atoms with E-state index in [9.17, 15) is 0 Å². The molecule has 1 saturated heterocycles. The van der Waals surface area contributed by atoms with Gasteiger partial charge in [-0.25, -0.2) is 0 Å². The van der Waals surface area contributed by atoms with Gasteiger partial charge in [-0.3, -0.25) is 0 Å². The van der Waals surface area contributed by atoms with Crippen LogP contribution in [0.3, 0.4) is 0 Å². The minimum atomic E-state index is 0.715. The fourth-order valence-electron chi connectivity index (χ4n) is 3.54. The van der Waals surface area contributed by atoms with Crippen LogP contribution in [0, 0.1) is 0 Å². The van der Waals surface area contributed by atoms with E-state index >= 15 is 0 Å². The van der Waals surface area contributed by atoms with Gasteiger partial charge in [0.25, 0.3) is 0 Å². The lowest BCUT2D eigenvalue weighted by atomic mass is 9.93. The molecule has 0 amide bonds. The van der Waals surface area contributed by atoms with Gasteiger partial charge in [0.1, 0.15) is 0 Å². The van der Waals surface area contributed by atoms with Gasteiger partial charge in [0.05, 0.1) is 0 Å². The zero-order valence-electron chi connectivity index (χ0n) is 15.9. The topological polar surface area (TPSA) is 15.3 Å². The first-order valence-corrected chi connectivity index (χ1v) is 10.1. The van der Waals surface area contributed by atoms with Crippen molar-refractivity contribution in [2.24, 2.45) is 0 Å². The first-order chi connectivity index (χ1) is 12.7. The molecule has 3 heteroatoms. The summed E-state index contributed by atoms with van der Waals surface area (Å²) in [7, 11) is 4.14. The van der Waals surface area contributed by atoms with E-state index in [1.54, 1.807) is 0 Å². The Kier molecular flexibility index (Phi) is 6.62. The van der Waals surface area contributed by atoms with E-state index in [1.807, 2.05) is 0 Å². The number of alkyl halides is 1. The number of benzene rings is 2. The minimum absolute atomic E-state index is 0.715. The second-order valence-electron chi connectivity index (χ2n) is 7.15. The molecule has 0 atom stereocenters. The Hall–Kier alpha value is -1.93. The van der Waals surface area contributed by atoms with Gasteiger partial charge >= 0.3 is 0 Å². The van der Waals surface area contributed by atoms with Crippen LogP contribution < -0.4 is 10.2 Å². The van der Waals surface area contributed by atoms with Crippen LogP contribution in [0.1, 0.15) is 37.7 Å². The molecule has 26 heavy (non-hydrogen) atoms. The summed E-state index contributed by atoms with van der Waals surface area (Å²) in [5.41, 5.74) is 7.93. The minimum Gasteiger partial charge on any atom is -0.388 e. The maximum Gasteiger partial charge on any atom is 0.0361 e. The summed E-state index contributed by atoms with van der Waals surface area (Å²) in [6.07, 6.45) is 5.78. The van der Waals surface area contributed by atoms with Crippen molar-refractivity contribution in [2.75, 3.05) is 31.4 Å².